The molecular weight excluding hydrogens is 202 g/mol. The molecule has 0 aromatic rings. The van der Waals surface area contributed by atoms with E-state index in [-0.39, 0.29) is 6.54 Å². The minimum absolute atomic E-state index is 0.0277. The lowest BCUT2D eigenvalue weighted by atomic mass is 9.89. The van der Waals surface area contributed by atoms with Crippen molar-refractivity contribution in [1.82, 2.24) is 15.5 Å². The van der Waals surface area contributed by atoms with Gasteiger partial charge in [0.15, 0.2) is 0 Å². The zero-order chi connectivity index (χ0) is 11.1. The summed E-state index contributed by atoms with van der Waals surface area (Å²) in [5, 5.41) is 13.4. The van der Waals surface area contributed by atoms with Gasteiger partial charge in [0.25, 0.3) is 5.91 Å². The van der Waals surface area contributed by atoms with Gasteiger partial charge in [-0.15, -0.1) is 0 Å². The molecule has 15 heavy (non-hydrogen) atoms. The maximum absolute atomic E-state index is 11.5. The lowest BCUT2D eigenvalue weighted by molar-refractivity contribution is -0.125. The average molecular weight is 213 g/mol. The lowest BCUT2D eigenvalue weighted by Crippen LogP contribution is -2.59. The molecule has 4 amide bonds. The molecular formula is C8H11N3O4. The number of carboxylic acid groups (broad SMARTS) is 1. The van der Waals surface area contributed by atoms with E-state index in [2.05, 4.69) is 10.6 Å². The third-order valence-corrected chi connectivity index (χ3v) is 2.78. The summed E-state index contributed by atoms with van der Waals surface area (Å²) in [5.41, 5.74) is -1.05. The van der Waals surface area contributed by atoms with Gasteiger partial charge in [0.1, 0.15) is 5.54 Å². The van der Waals surface area contributed by atoms with Crippen molar-refractivity contribution in [2.24, 2.45) is 0 Å². The summed E-state index contributed by atoms with van der Waals surface area (Å²) < 4.78 is 0. The molecule has 1 unspecified atom stereocenters. The van der Waals surface area contributed by atoms with Crippen LogP contribution >= 0.6 is 0 Å². The number of hydrogen-bond donors (Lipinski definition) is 3. The second-order valence-electron chi connectivity index (χ2n) is 3.80. The zero-order valence-corrected chi connectivity index (χ0v) is 7.95. The number of hydrogen-bond acceptors (Lipinski definition) is 3. The molecule has 0 aromatic heterocycles. The highest BCUT2D eigenvalue weighted by Gasteiger charge is 2.49. The van der Waals surface area contributed by atoms with Crippen molar-refractivity contribution < 1.29 is 19.5 Å². The number of carbonyl (C=O) groups excluding carboxylic acids is 2. The van der Waals surface area contributed by atoms with Crippen LogP contribution in [0.25, 0.3) is 0 Å². The van der Waals surface area contributed by atoms with Crippen molar-refractivity contribution in [3.63, 3.8) is 0 Å². The average Bonchev–Trinajstić information content (AvgIpc) is 2.41. The molecule has 1 spiro atoms. The molecule has 0 bridgehead atoms. The summed E-state index contributed by atoms with van der Waals surface area (Å²) in [4.78, 5) is 34.4. The second-order valence-corrected chi connectivity index (χ2v) is 3.80. The van der Waals surface area contributed by atoms with Crippen LogP contribution in [0.4, 0.5) is 9.59 Å². The van der Waals surface area contributed by atoms with E-state index < -0.39 is 23.6 Å². The molecule has 3 N–H and O–H groups in total. The Morgan fingerprint density at radius 2 is 2.20 bits per heavy atom. The third kappa shape index (κ3) is 1.49. The van der Waals surface area contributed by atoms with Crippen molar-refractivity contribution in [1.29, 1.82) is 0 Å². The third-order valence-electron chi connectivity index (χ3n) is 2.78. The molecule has 2 fully saturated rings. The van der Waals surface area contributed by atoms with E-state index in [0.717, 1.165) is 4.90 Å². The molecule has 0 saturated carbocycles. The Labute approximate surface area is 85.4 Å². The van der Waals surface area contributed by atoms with Gasteiger partial charge >= 0.3 is 12.1 Å². The van der Waals surface area contributed by atoms with Gasteiger partial charge in [-0.2, -0.15) is 0 Å². The largest absolute Gasteiger partial charge is 0.465 e. The van der Waals surface area contributed by atoms with E-state index >= 15 is 0 Å². The van der Waals surface area contributed by atoms with E-state index in [1.807, 2.05) is 0 Å². The highest BCUT2D eigenvalue weighted by Crippen LogP contribution is 2.24. The summed E-state index contributed by atoms with van der Waals surface area (Å²) >= 11 is 0. The van der Waals surface area contributed by atoms with Gasteiger partial charge < -0.3 is 15.3 Å². The SMILES string of the molecule is O=C1NC(=O)C2(CCCN(C(=O)O)C2)N1. The summed E-state index contributed by atoms with van der Waals surface area (Å²) in [6.45, 7) is 0.431. The standard InChI is InChI=1S/C8H11N3O4/c12-5-8(10-6(13)9-5)2-1-3-11(4-8)7(14)15/h1-4H2,(H,14,15)(H2,9,10,12,13). The van der Waals surface area contributed by atoms with Gasteiger partial charge in [-0.05, 0) is 12.8 Å². The number of likely N-dealkylation sites (tertiary alicyclic amines) is 1. The number of imide groups is 1. The van der Waals surface area contributed by atoms with Crippen molar-refractivity contribution >= 4 is 18.0 Å². The van der Waals surface area contributed by atoms with E-state index in [4.69, 9.17) is 5.11 Å². The molecule has 2 aliphatic rings. The topological polar surface area (TPSA) is 98.7 Å². The summed E-state index contributed by atoms with van der Waals surface area (Å²) in [6, 6.07) is -0.549. The van der Waals surface area contributed by atoms with Gasteiger partial charge in [0.05, 0.1) is 6.54 Å². The number of nitrogens with one attached hydrogen (secondary N) is 2. The van der Waals surface area contributed by atoms with Gasteiger partial charge in [-0.1, -0.05) is 0 Å². The Morgan fingerprint density at radius 3 is 2.73 bits per heavy atom. The van der Waals surface area contributed by atoms with Gasteiger partial charge in [-0.3, -0.25) is 10.1 Å². The van der Waals surface area contributed by atoms with Crippen LogP contribution in [0.1, 0.15) is 12.8 Å². The number of piperidine rings is 1. The molecule has 1 atom stereocenters. The molecule has 0 radical (unpaired) electrons. The molecule has 2 rings (SSSR count). The summed E-state index contributed by atoms with van der Waals surface area (Å²) in [7, 11) is 0. The van der Waals surface area contributed by atoms with Crippen molar-refractivity contribution in [3.8, 4) is 0 Å². The van der Waals surface area contributed by atoms with Crippen molar-refractivity contribution in [3.05, 3.63) is 0 Å². The molecule has 2 aliphatic heterocycles. The first-order chi connectivity index (χ1) is 7.03. The first-order valence-electron chi connectivity index (χ1n) is 4.65. The molecule has 0 aromatic carbocycles. The van der Waals surface area contributed by atoms with Gasteiger partial charge in [0, 0.05) is 6.54 Å². The number of rotatable bonds is 0. The van der Waals surface area contributed by atoms with Crippen LogP contribution in [0.2, 0.25) is 0 Å². The van der Waals surface area contributed by atoms with Crippen LogP contribution in [0.15, 0.2) is 0 Å². The van der Waals surface area contributed by atoms with E-state index in [1.54, 1.807) is 0 Å². The lowest BCUT2D eigenvalue weighted by Gasteiger charge is -2.36. The second kappa shape index (κ2) is 3.11. The first kappa shape index (κ1) is 9.75. The summed E-state index contributed by atoms with van der Waals surface area (Å²) in [5.74, 6) is -0.432. The van der Waals surface area contributed by atoms with Gasteiger partial charge in [-0.25, -0.2) is 9.59 Å². The van der Waals surface area contributed by atoms with Crippen LogP contribution in [0.5, 0.6) is 0 Å². The zero-order valence-electron chi connectivity index (χ0n) is 7.95. The van der Waals surface area contributed by atoms with Crippen LogP contribution in [-0.4, -0.2) is 46.7 Å². The van der Waals surface area contributed by atoms with Crippen LogP contribution in [0.3, 0.4) is 0 Å². The van der Waals surface area contributed by atoms with Crippen LogP contribution in [-0.2, 0) is 4.79 Å². The molecule has 2 heterocycles. The smallest absolute Gasteiger partial charge is 0.407 e. The predicted octanol–water partition coefficient (Wildman–Crippen LogP) is -0.662. The molecule has 2 saturated heterocycles. The quantitative estimate of drug-likeness (QED) is 0.465. The fraction of sp³-hybridized carbons (Fsp3) is 0.625. The number of carbonyl (C=O) groups is 3. The Kier molecular flexibility index (Phi) is 2.02. The van der Waals surface area contributed by atoms with Crippen molar-refractivity contribution in [2.75, 3.05) is 13.1 Å². The highest BCUT2D eigenvalue weighted by atomic mass is 16.4. The monoisotopic (exact) mass is 213 g/mol. The Hall–Kier alpha value is -1.79. The molecule has 82 valence electrons. The Balaban J connectivity index is 2.18. The van der Waals surface area contributed by atoms with Crippen LogP contribution in [0, 0.1) is 0 Å². The van der Waals surface area contributed by atoms with E-state index in [0.29, 0.717) is 19.4 Å². The van der Waals surface area contributed by atoms with Crippen LogP contribution < -0.4 is 10.6 Å². The Morgan fingerprint density at radius 1 is 1.47 bits per heavy atom. The number of urea groups is 1. The van der Waals surface area contributed by atoms with Crippen molar-refractivity contribution in [2.45, 2.75) is 18.4 Å². The minimum Gasteiger partial charge on any atom is -0.465 e. The number of amides is 4. The summed E-state index contributed by atoms with van der Waals surface area (Å²) in [6.07, 6.45) is -0.0167. The fourth-order valence-electron chi connectivity index (χ4n) is 2.03. The minimum atomic E-state index is -1.07. The normalized spacial score (nSPS) is 30.3. The van der Waals surface area contributed by atoms with E-state index in [1.165, 1.54) is 0 Å². The van der Waals surface area contributed by atoms with Gasteiger partial charge in [0.2, 0.25) is 0 Å². The highest BCUT2D eigenvalue weighted by molar-refractivity contribution is 6.07. The molecule has 7 heteroatoms. The Bertz CT molecular complexity index is 343. The molecule has 7 nitrogen and oxygen atoms in total. The fourth-order valence-corrected chi connectivity index (χ4v) is 2.03. The van der Waals surface area contributed by atoms with E-state index in [9.17, 15) is 14.4 Å². The first-order valence-corrected chi connectivity index (χ1v) is 4.65. The number of nitrogens with zero attached hydrogens (tertiary/aromatic N) is 1. The predicted molar refractivity (Wildman–Crippen MR) is 48.2 cm³/mol. The molecule has 0 aliphatic carbocycles. The maximum Gasteiger partial charge on any atom is 0.407 e. The maximum atomic E-state index is 11.5.